The van der Waals surface area contributed by atoms with Gasteiger partial charge in [-0.3, -0.25) is 10.1 Å². The van der Waals surface area contributed by atoms with E-state index in [1.165, 1.54) is 23.1 Å². The van der Waals surface area contributed by atoms with E-state index < -0.39 is 0 Å². The fourth-order valence-corrected chi connectivity index (χ4v) is 4.39. The lowest BCUT2D eigenvalue weighted by Gasteiger charge is -2.18. The van der Waals surface area contributed by atoms with Crippen molar-refractivity contribution in [2.75, 3.05) is 11.1 Å². The number of hydrogen-bond acceptors (Lipinski definition) is 8. The fourth-order valence-electron chi connectivity index (χ4n) is 2.76. The van der Waals surface area contributed by atoms with E-state index in [1.54, 1.807) is 6.07 Å². The molecule has 11 heteroatoms. The number of nitrogens with zero attached hydrogens (tertiary/aromatic N) is 5. The van der Waals surface area contributed by atoms with E-state index in [4.69, 9.17) is 16.3 Å². The lowest BCUT2D eigenvalue weighted by atomic mass is 10.2. The van der Waals surface area contributed by atoms with Crippen molar-refractivity contribution in [1.82, 2.24) is 25.0 Å². The lowest BCUT2D eigenvalue weighted by Crippen LogP contribution is -2.17. The number of rotatable bonds is 10. The molecule has 3 aromatic rings. The second kappa shape index (κ2) is 10.9. The van der Waals surface area contributed by atoms with Gasteiger partial charge in [-0.15, -0.1) is 20.4 Å². The summed E-state index contributed by atoms with van der Waals surface area (Å²) in [7, 11) is 0. The minimum Gasteiger partial charge on any atom is -0.481 e. The van der Waals surface area contributed by atoms with E-state index in [0.717, 1.165) is 11.4 Å². The zero-order valence-corrected chi connectivity index (χ0v) is 20.2. The number of anilines is 1. The molecule has 1 aromatic carbocycles. The Hall–Kier alpha value is -2.17. The Morgan fingerprint density at radius 2 is 2.00 bits per heavy atom. The topological polar surface area (TPSA) is 94.8 Å². The van der Waals surface area contributed by atoms with E-state index in [9.17, 15) is 4.79 Å². The standard InChI is InChI=1S/C20H25ClN6O2S2/c1-5-17-23-25-19(31-17)22-16(28)11-30-20-26-24-18(27(20)10-12(2)3)13(4)29-15-9-7-6-8-14(15)21/h6-9,12-13H,5,10-11H2,1-4H3,(H,22,25,28). The van der Waals surface area contributed by atoms with Gasteiger partial charge in [-0.05, 0) is 31.4 Å². The minimum absolute atomic E-state index is 0.162. The molecule has 2 heterocycles. The monoisotopic (exact) mass is 480 g/mol. The number of carbonyl (C=O) groups is 1. The maximum Gasteiger partial charge on any atom is 0.236 e. The summed E-state index contributed by atoms with van der Waals surface area (Å²) < 4.78 is 8.03. The largest absolute Gasteiger partial charge is 0.481 e. The van der Waals surface area contributed by atoms with Gasteiger partial charge in [0.1, 0.15) is 10.8 Å². The average Bonchev–Trinajstić information content (AvgIpc) is 3.34. The second-order valence-corrected chi connectivity index (χ2v) is 9.64. The Morgan fingerprint density at radius 3 is 2.68 bits per heavy atom. The number of ether oxygens (including phenoxy) is 1. The van der Waals surface area contributed by atoms with Crippen LogP contribution in [0.2, 0.25) is 5.02 Å². The van der Waals surface area contributed by atoms with Crippen LogP contribution in [0.4, 0.5) is 5.13 Å². The maximum atomic E-state index is 12.3. The number of carbonyl (C=O) groups excluding carboxylic acids is 1. The zero-order valence-electron chi connectivity index (χ0n) is 17.8. The molecule has 8 nitrogen and oxygen atoms in total. The number of halogens is 1. The number of aryl methyl sites for hydroxylation is 1. The third kappa shape index (κ3) is 6.41. The molecule has 2 aromatic heterocycles. The molecular formula is C20H25ClN6O2S2. The average molecular weight is 481 g/mol. The number of para-hydroxylation sites is 1. The smallest absolute Gasteiger partial charge is 0.236 e. The van der Waals surface area contributed by atoms with E-state index >= 15 is 0 Å². The van der Waals surface area contributed by atoms with Crippen LogP contribution in [0.5, 0.6) is 5.75 Å². The van der Waals surface area contributed by atoms with Crippen molar-refractivity contribution in [3.63, 3.8) is 0 Å². The summed E-state index contributed by atoms with van der Waals surface area (Å²) in [6.07, 6.45) is 0.431. The van der Waals surface area contributed by atoms with Gasteiger partial charge in [-0.2, -0.15) is 0 Å². The van der Waals surface area contributed by atoms with Gasteiger partial charge < -0.3 is 9.30 Å². The molecular weight excluding hydrogens is 456 g/mol. The van der Waals surface area contributed by atoms with Crippen molar-refractivity contribution < 1.29 is 9.53 Å². The van der Waals surface area contributed by atoms with Crippen LogP contribution in [0.15, 0.2) is 29.4 Å². The molecule has 0 saturated heterocycles. The zero-order chi connectivity index (χ0) is 22.4. The molecule has 1 amide bonds. The van der Waals surface area contributed by atoms with Crippen molar-refractivity contribution in [3.05, 3.63) is 40.1 Å². The quantitative estimate of drug-likeness (QED) is 0.413. The van der Waals surface area contributed by atoms with Crippen molar-refractivity contribution in [3.8, 4) is 5.75 Å². The minimum atomic E-state index is -0.358. The number of nitrogens with one attached hydrogen (secondary N) is 1. The molecule has 3 rings (SSSR count). The molecule has 0 aliphatic heterocycles. The first-order valence-electron chi connectivity index (χ1n) is 9.96. The van der Waals surface area contributed by atoms with Gasteiger partial charge >= 0.3 is 0 Å². The van der Waals surface area contributed by atoms with Crippen LogP contribution in [-0.2, 0) is 17.8 Å². The second-order valence-electron chi connectivity index (χ2n) is 7.23. The Bertz CT molecular complexity index is 1020. The number of thioether (sulfide) groups is 1. The van der Waals surface area contributed by atoms with Crippen LogP contribution in [0.1, 0.15) is 44.6 Å². The van der Waals surface area contributed by atoms with Crippen LogP contribution in [0.25, 0.3) is 0 Å². The summed E-state index contributed by atoms with van der Waals surface area (Å²) in [6, 6.07) is 7.32. The van der Waals surface area contributed by atoms with Gasteiger partial charge in [0.15, 0.2) is 17.1 Å². The Kier molecular flexibility index (Phi) is 8.28. The highest BCUT2D eigenvalue weighted by Crippen LogP contribution is 2.30. The van der Waals surface area contributed by atoms with E-state index in [-0.39, 0.29) is 17.8 Å². The van der Waals surface area contributed by atoms with Crippen LogP contribution < -0.4 is 10.1 Å². The van der Waals surface area contributed by atoms with Crippen LogP contribution in [0.3, 0.4) is 0 Å². The van der Waals surface area contributed by atoms with Crippen molar-refractivity contribution in [2.45, 2.75) is 51.9 Å². The van der Waals surface area contributed by atoms with Gasteiger partial charge in [-0.1, -0.05) is 67.6 Å². The number of amides is 1. The summed E-state index contributed by atoms with van der Waals surface area (Å²) in [5.41, 5.74) is 0. The normalized spacial score (nSPS) is 12.2. The summed E-state index contributed by atoms with van der Waals surface area (Å²) in [4.78, 5) is 12.3. The van der Waals surface area contributed by atoms with Crippen LogP contribution in [-0.4, -0.2) is 36.6 Å². The summed E-state index contributed by atoms with van der Waals surface area (Å²) >= 11 is 8.93. The number of hydrogen-bond donors (Lipinski definition) is 1. The SMILES string of the molecule is CCc1nnc(NC(=O)CSc2nnc(C(C)Oc3ccccc3Cl)n2CC(C)C)s1. The molecule has 1 N–H and O–H groups in total. The number of benzene rings is 1. The summed E-state index contributed by atoms with van der Waals surface area (Å²) in [5.74, 6) is 1.67. The summed E-state index contributed by atoms with van der Waals surface area (Å²) in [6.45, 7) is 8.85. The first-order valence-corrected chi connectivity index (χ1v) is 12.1. The van der Waals surface area contributed by atoms with E-state index in [2.05, 4.69) is 39.6 Å². The highest BCUT2D eigenvalue weighted by atomic mass is 35.5. The third-order valence-corrected chi connectivity index (χ3v) is 6.41. The maximum absolute atomic E-state index is 12.3. The molecule has 0 bridgehead atoms. The van der Waals surface area contributed by atoms with Gasteiger partial charge in [0.05, 0.1) is 10.8 Å². The highest BCUT2D eigenvalue weighted by molar-refractivity contribution is 7.99. The summed E-state index contributed by atoms with van der Waals surface area (Å²) in [5, 5.41) is 22.0. The predicted molar refractivity (Wildman–Crippen MR) is 124 cm³/mol. The molecule has 0 aliphatic rings. The lowest BCUT2D eigenvalue weighted by molar-refractivity contribution is -0.113. The van der Waals surface area contributed by atoms with Crippen LogP contribution in [0, 0.1) is 5.92 Å². The third-order valence-electron chi connectivity index (χ3n) is 4.15. The molecule has 0 radical (unpaired) electrons. The molecule has 166 valence electrons. The first kappa shape index (κ1) is 23.5. The van der Waals surface area contributed by atoms with Crippen molar-refractivity contribution >= 4 is 45.7 Å². The van der Waals surface area contributed by atoms with Crippen molar-refractivity contribution in [2.24, 2.45) is 5.92 Å². The predicted octanol–water partition coefficient (Wildman–Crippen LogP) is 4.87. The molecule has 0 spiro atoms. The molecule has 0 aliphatic carbocycles. The van der Waals surface area contributed by atoms with E-state index in [0.29, 0.717) is 39.3 Å². The fraction of sp³-hybridized carbons (Fsp3) is 0.450. The van der Waals surface area contributed by atoms with Gasteiger partial charge in [0.2, 0.25) is 11.0 Å². The van der Waals surface area contributed by atoms with Gasteiger partial charge in [0, 0.05) is 6.54 Å². The van der Waals surface area contributed by atoms with Gasteiger partial charge in [0.25, 0.3) is 0 Å². The Balaban J connectivity index is 1.69. The molecule has 1 atom stereocenters. The highest BCUT2D eigenvalue weighted by Gasteiger charge is 2.22. The molecule has 0 saturated carbocycles. The van der Waals surface area contributed by atoms with Gasteiger partial charge in [-0.25, -0.2) is 0 Å². The Morgan fingerprint density at radius 1 is 1.23 bits per heavy atom. The van der Waals surface area contributed by atoms with Crippen LogP contribution >= 0.6 is 34.7 Å². The van der Waals surface area contributed by atoms with E-state index in [1.807, 2.05) is 36.6 Å². The molecule has 31 heavy (non-hydrogen) atoms. The number of aromatic nitrogens is 5. The Labute approximate surface area is 194 Å². The first-order chi connectivity index (χ1) is 14.9. The molecule has 0 fully saturated rings. The van der Waals surface area contributed by atoms with Crippen molar-refractivity contribution in [1.29, 1.82) is 0 Å². The molecule has 1 unspecified atom stereocenters.